The zero-order chi connectivity index (χ0) is 98.1. The van der Waals surface area contributed by atoms with Gasteiger partial charge in [0.2, 0.25) is 112 Å². The number of rotatable bonds is 63. The van der Waals surface area contributed by atoms with E-state index in [1.165, 1.54) is 29.9 Å². The van der Waals surface area contributed by atoms with E-state index in [1.807, 2.05) is 0 Å². The Morgan fingerprint density at radius 2 is 0.878 bits per heavy atom. The molecule has 2 aromatic heterocycles. The molecule has 19 amide bonds. The van der Waals surface area contributed by atoms with Gasteiger partial charge in [-0.1, -0.05) is 54.4 Å². The van der Waals surface area contributed by atoms with E-state index in [0.717, 1.165) is 6.92 Å². The van der Waals surface area contributed by atoms with Gasteiger partial charge in [0, 0.05) is 48.9 Å². The maximum absolute atomic E-state index is 14.8. The second-order valence-electron chi connectivity index (χ2n) is 32.2. The highest BCUT2D eigenvalue weighted by molar-refractivity contribution is 7.80. The molecule has 0 radical (unpaired) electrons. The summed E-state index contributed by atoms with van der Waals surface area (Å²) in [5.41, 5.74) is 29.2. The summed E-state index contributed by atoms with van der Waals surface area (Å²) in [6, 6.07) is -21.1. The molecule has 1 saturated heterocycles. The number of thiol groups is 1. The number of imidazole rings is 2. The number of hydrogen-bond acceptors (Lipinski definition) is 30. The summed E-state index contributed by atoms with van der Waals surface area (Å²) in [4.78, 5) is 285. The van der Waals surface area contributed by atoms with E-state index in [0.29, 0.717) is 50.8 Å². The van der Waals surface area contributed by atoms with Crippen molar-refractivity contribution in [3.8, 4) is 0 Å². The van der Waals surface area contributed by atoms with Gasteiger partial charge in [0.05, 0.1) is 70.6 Å². The van der Waals surface area contributed by atoms with E-state index < -0.39 is 279 Å². The average Bonchev–Trinajstić information content (AvgIpc) is 1.33. The Balaban J connectivity index is 1.74. The van der Waals surface area contributed by atoms with Gasteiger partial charge in [-0.15, -0.1) is 0 Å². The molecule has 0 bridgehead atoms. The maximum atomic E-state index is 14.8. The van der Waals surface area contributed by atoms with Crippen molar-refractivity contribution >= 4 is 131 Å². The number of aliphatic hydroxyl groups is 3. The third-order valence-electron chi connectivity index (χ3n) is 20.6. The molecule has 1 fully saturated rings. The summed E-state index contributed by atoms with van der Waals surface area (Å²) in [6.07, 6.45) is 5.29. The van der Waals surface area contributed by atoms with Crippen molar-refractivity contribution in [1.29, 1.82) is 0 Å². The first-order valence-electron chi connectivity index (χ1n) is 43.2. The van der Waals surface area contributed by atoms with Crippen molar-refractivity contribution in [3.05, 3.63) is 36.4 Å². The number of unbranched alkanes of at least 4 members (excludes halogenated alkanes) is 3. The van der Waals surface area contributed by atoms with Crippen LogP contribution in [-0.2, 0) is 109 Å². The number of hydrogen-bond donors (Lipinski definition) is 29. The number of carboxylic acids is 1. The van der Waals surface area contributed by atoms with Crippen LogP contribution in [0.5, 0.6) is 0 Å². The van der Waals surface area contributed by atoms with E-state index in [-0.39, 0.29) is 89.0 Å². The molecule has 3 heterocycles. The number of aliphatic hydroxyl groups excluding tert-OH is 3. The number of carbonyl (C=O) groups is 20. The molecule has 131 heavy (non-hydrogen) atoms. The minimum Gasteiger partial charge on any atom is -0.480 e. The van der Waals surface area contributed by atoms with Gasteiger partial charge in [-0.05, 0) is 115 Å². The number of likely N-dealkylation sites (tertiary alicyclic amines) is 1. The van der Waals surface area contributed by atoms with Crippen molar-refractivity contribution in [2.75, 3.05) is 77.9 Å². The summed E-state index contributed by atoms with van der Waals surface area (Å²) in [6.45, 7) is 5.78. The fourth-order valence-corrected chi connectivity index (χ4v) is 13.4. The zero-order valence-electron chi connectivity index (χ0n) is 74.6. The molecule has 0 spiro atoms. The normalized spacial score (nSPS) is 15.8. The van der Waals surface area contributed by atoms with Crippen LogP contribution < -0.4 is 119 Å². The quantitative estimate of drug-likeness (QED) is 0.0216. The van der Waals surface area contributed by atoms with Gasteiger partial charge < -0.3 is 154 Å². The number of nitrogens with zero attached hydrogens (tertiary/aromatic N) is 3. The first-order valence-corrected chi connectivity index (χ1v) is 43.8. The minimum atomic E-state index is -1.84. The second-order valence-corrected chi connectivity index (χ2v) is 32.5. The van der Waals surface area contributed by atoms with Crippen LogP contribution in [0.15, 0.2) is 25.0 Å². The van der Waals surface area contributed by atoms with Crippen molar-refractivity contribution < 1.29 is 116 Å². The molecule has 0 aliphatic carbocycles. The van der Waals surface area contributed by atoms with Crippen LogP contribution in [0.3, 0.4) is 0 Å². The van der Waals surface area contributed by atoms with E-state index in [2.05, 4.69) is 123 Å². The first kappa shape index (κ1) is 113. The molecule has 2 aromatic rings. The van der Waals surface area contributed by atoms with Crippen LogP contribution in [0.1, 0.15) is 150 Å². The fraction of sp³-hybridized carbons (Fsp3) is 0.671. The molecular formula is C79H133N27O24S. The van der Waals surface area contributed by atoms with Gasteiger partial charge in [-0.25, -0.2) is 9.97 Å². The molecule has 51 nitrogen and oxygen atoms in total. The lowest BCUT2D eigenvalue weighted by atomic mass is 9.96. The van der Waals surface area contributed by atoms with Crippen molar-refractivity contribution in [2.45, 2.75) is 242 Å². The van der Waals surface area contributed by atoms with Crippen molar-refractivity contribution in [2.24, 2.45) is 46.4 Å². The Kier molecular flexibility index (Phi) is 51.8. The number of primary amides is 1. The number of nitrogens with one attached hydrogen (secondary N) is 19. The summed E-state index contributed by atoms with van der Waals surface area (Å²) in [5, 5.41) is 80.7. The lowest BCUT2D eigenvalue weighted by Crippen LogP contribution is -2.62. The molecule has 0 unspecified atom stereocenters. The topological polar surface area (TPSA) is 818 Å². The molecule has 16 atom stereocenters. The van der Waals surface area contributed by atoms with Gasteiger partial charge in [0.15, 0.2) is 0 Å². The summed E-state index contributed by atoms with van der Waals surface area (Å²) in [7, 11) is 0. The van der Waals surface area contributed by atoms with Gasteiger partial charge >= 0.3 is 5.97 Å². The van der Waals surface area contributed by atoms with Gasteiger partial charge in [0.25, 0.3) is 0 Å². The van der Waals surface area contributed by atoms with Crippen LogP contribution in [0.25, 0.3) is 0 Å². The van der Waals surface area contributed by atoms with Crippen molar-refractivity contribution in [3.63, 3.8) is 0 Å². The number of carbonyl (C=O) groups excluding carboxylic acids is 19. The molecule has 1 aliphatic heterocycles. The number of aliphatic carboxylic acids is 1. The highest BCUT2D eigenvalue weighted by Crippen LogP contribution is 2.21. The number of aromatic nitrogens is 4. The van der Waals surface area contributed by atoms with E-state index in [4.69, 9.17) is 33.8 Å². The smallest absolute Gasteiger partial charge is 0.322 e. The highest BCUT2D eigenvalue weighted by atomic mass is 32.1. The van der Waals surface area contributed by atoms with Gasteiger partial charge in [-0.2, -0.15) is 12.6 Å². The second kappa shape index (κ2) is 60.0. The Morgan fingerprint density at radius 1 is 0.466 bits per heavy atom. The number of amides is 19. The molecule has 52 heteroatoms. The highest BCUT2D eigenvalue weighted by Gasteiger charge is 2.42. The third kappa shape index (κ3) is 41.3. The van der Waals surface area contributed by atoms with Crippen LogP contribution in [0.2, 0.25) is 0 Å². The van der Waals surface area contributed by atoms with Crippen LogP contribution in [0, 0.1) is 17.8 Å². The Bertz CT molecular complexity index is 4110. The molecule has 734 valence electrons. The predicted octanol–water partition coefficient (Wildman–Crippen LogP) is -12.0. The molecular weight excluding hydrogens is 1740 g/mol. The van der Waals surface area contributed by atoms with E-state index >= 15 is 0 Å². The number of aromatic amines is 2. The monoisotopic (exact) mass is 1880 g/mol. The van der Waals surface area contributed by atoms with E-state index in [1.54, 1.807) is 41.5 Å². The predicted molar refractivity (Wildman–Crippen MR) is 469 cm³/mol. The standard InChI is InChI=1S/C79H133N27O24S/c1-8-42(6)64(77(128)100-51(26-45-29-86-39-93-45)71(122)99-50(25-44-28-85-38-92-44)70(121)97-48(18-11-14-22-82)79(130)106-23-15-19-56(106)75(126)91-31-59(112)87-30-58(111)88-34-62(115)116)104-72(123)52(27-57(84)110)94-60(113)32-89-67(118)49(24-40(2)3)98-73(124)53(35-107)95-61(114)33-90-68(119)55(37-131)102-69(120)47(17-10-13-21-81)96-74(125)54(36-108)101-78(129)65(43(7)109)105-76(127)63(41(4)5)103-66(117)46(83)16-9-12-20-80/h28-29,38-43,46-56,63-65,107-109,131H,8-27,30-37,80-83H2,1-7H3,(H2,84,110)(H,85,92)(H,86,93)(H,87,112)(H,88,111)(H,89,118)(H,90,119)(H,91,126)(H,94,113)(H,95,114)(H,96,125)(H,97,121)(H,98,124)(H,99,122)(H,100,128)(H,101,129)(H,102,120)(H,103,117)(H,104,123)(H,105,127)(H,115,116)/t42-,43+,46-,47-,48-,49-,50-,51-,52-,53-,54-,55-,56-,63-,64-,65-/m0/s1. The Labute approximate surface area is 761 Å². The van der Waals surface area contributed by atoms with E-state index in [9.17, 15) is 111 Å². The summed E-state index contributed by atoms with van der Waals surface area (Å²) in [5.74, 6) is -21.8. The molecule has 0 aromatic carbocycles. The summed E-state index contributed by atoms with van der Waals surface area (Å²) >= 11 is 4.17. The van der Waals surface area contributed by atoms with Crippen molar-refractivity contribution in [1.82, 2.24) is 115 Å². The molecule has 0 saturated carbocycles. The Morgan fingerprint density at radius 3 is 1.37 bits per heavy atom. The maximum Gasteiger partial charge on any atom is 0.322 e. The molecule has 3 rings (SSSR count). The Hall–Kier alpha value is -12.1. The first-order chi connectivity index (χ1) is 62.1. The van der Waals surface area contributed by atoms with Crippen LogP contribution in [0.4, 0.5) is 0 Å². The summed E-state index contributed by atoms with van der Waals surface area (Å²) < 4.78 is 0. The number of H-pyrrole nitrogens is 2. The van der Waals surface area contributed by atoms with Crippen LogP contribution >= 0.6 is 12.6 Å². The lowest BCUT2D eigenvalue weighted by Gasteiger charge is -2.30. The minimum absolute atomic E-state index is 0.000717. The van der Waals surface area contributed by atoms with Crippen LogP contribution in [-0.4, -0.2) is 332 Å². The average molecular weight is 1880 g/mol. The SMILES string of the molecule is CC[C@H](C)[C@H](NC(=O)[C@H](CC(N)=O)NC(=O)CNC(=O)[C@H](CC(C)C)NC(=O)[C@H](CO)NC(=O)CNC(=O)[C@H](CS)NC(=O)[C@H](CCCCN)NC(=O)[C@H](CO)NC(=O)[C@@H](NC(=O)[C@@H](NC(=O)[C@@H](N)CCCCN)C(C)C)[C@@H](C)O)C(=O)N[C@@H](Cc1cnc[nH]1)C(=O)N[C@@H](Cc1cnc[nH]1)C(=O)N[C@@H](CCCCN)C(=O)N1CCC[C@H]1C(=O)NCC(=O)NCC(=O)NCC(=O)O. The lowest BCUT2D eigenvalue weighted by molar-refractivity contribution is -0.142. The zero-order valence-corrected chi connectivity index (χ0v) is 75.5. The fourth-order valence-electron chi connectivity index (χ4n) is 13.1. The third-order valence-corrected chi connectivity index (χ3v) is 21.0. The molecule has 1 aliphatic rings. The van der Waals surface area contributed by atoms with Gasteiger partial charge in [-0.3, -0.25) is 95.9 Å². The number of nitrogens with two attached hydrogens (primary N) is 5. The van der Waals surface area contributed by atoms with Gasteiger partial charge in [0.1, 0.15) is 85.1 Å². The molecule has 33 N–H and O–H groups in total. The number of carboxylic acid groups (broad SMARTS) is 1. The largest absolute Gasteiger partial charge is 0.480 e.